The molecule has 0 fully saturated rings. The normalized spacial score (nSPS) is 11.7. The molecule has 2 N–H and O–H groups in total. The Morgan fingerprint density at radius 1 is 1.24 bits per heavy atom. The van der Waals surface area contributed by atoms with Crippen LogP contribution in [0.15, 0.2) is 61.1 Å². The Labute approximate surface area is 197 Å². The molecule has 0 saturated heterocycles. The number of nitrogens with zero attached hydrogens (tertiary/aromatic N) is 4. The highest BCUT2D eigenvalue weighted by Crippen LogP contribution is 2.39. The predicted octanol–water partition coefficient (Wildman–Crippen LogP) is 6.60. The fourth-order valence-corrected chi connectivity index (χ4v) is 4.13. The van der Waals surface area contributed by atoms with Crippen LogP contribution in [0, 0.1) is 11.3 Å². The Morgan fingerprint density at radius 2 is 2.03 bits per heavy atom. The van der Waals surface area contributed by atoms with Crippen molar-refractivity contribution in [1.82, 2.24) is 14.5 Å². The van der Waals surface area contributed by atoms with E-state index in [2.05, 4.69) is 39.8 Å². The number of fused-ring (bicyclic) bond motifs is 1. The maximum atomic E-state index is 11.0. The molecule has 172 valence electrons. The minimum atomic E-state index is -1.12. The standard InChI is InChI=1S/C26H25N5O3/c1-3-4-5-17(2)31-23-14-20(34-24-16-28-12-13-29-24)10-11-21(23)22(15-27)25(31)18-6-8-19(9-7-18)30-26(32)33/h6-14,16-17,30H,3-5H2,1-2H3,(H,32,33). The van der Waals surface area contributed by atoms with Crippen molar-refractivity contribution in [2.75, 3.05) is 5.32 Å². The van der Waals surface area contributed by atoms with Crippen LogP contribution in [0.5, 0.6) is 11.6 Å². The topological polar surface area (TPSA) is 113 Å². The number of rotatable bonds is 8. The fraction of sp³-hybridized carbons (Fsp3) is 0.231. The van der Waals surface area contributed by atoms with Gasteiger partial charge in [0.1, 0.15) is 11.8 Å². The molecule has 1 atom stereocenters. The highest BCUT2D eigenvalue weighted by atomic mass is 16.5. The van der Waals surface area contributed by atoms with E-state index in [1.54, 1.807) is 30.7 Å². The summed E-state index contributed by atoms with van der Waals surface area (Å²) < 4.78 is 8.10. The molecule has 0 bridgehead atoms. The molecule has 8 heteroatoms. The molecule has 0 spiro atoms. The number of anilines is 1. The summed E-state index contributed by atoms with van der Waals surface area (Å²) in [6.07, 6.45) is 6.65. The average molecular weight is 456 g/mol. The molecule has 0 saturated carbocycles. The van der Waals surface area contributed by atoms with E-state index >= 15 is 0 Å². The number of hydrogen-bond donors (Lipinski definition) is 2. The summed E-state index contributed by atoms with van der Waals surface area (Å²) in [4.78, 5) is 19.2. The number of benzene rings is 2. The second-order valence-electron chi connectivity index (χ2n) is 8.03. The highest BCUT2D eigenvalue weighted by molar-refractivity contribution is 5.95. The van der Waals surface area contributed by atoms with E-state index in [-0.39, 0.29) is 6.04 Å². The Morgan fingerprint density at radius 3 is 2.68 bits per heavy atom. The first-order valence-corrected chi connectivity index (χ1v) is 11.1. The number of nitrogens with one attached hydrogen (secondary N) is 1. The minimum Gasteiger partial charge on any atom is -0.465 e. The summed E-state index contributed by atoms with van der Waals surface area (Å²) in [6.45, 7) is 4.30. The number of nitriles is 1. The van der Waals surface area contributed by atoms with Gasteiger partial charge >= 0.3 is 6.09 Å². The van der Waals surface area contributed by atoms with Gasteiger partial charge in [-0.3, -0.25) is 10.3 Å². The molecule has 2 aromatic heterocycles. The van der Waals surface area contributed by atoms with Crippen LogP contribution in [0.1, 0.15) is 44.7 Å². The van der Waals surface area contributed by atoms with Gasteiger partial charge in [-0.25, -0.2) is 9.78 Å². The predicted molar refractivity (Wildman–Crippen MR) is 130 cm³/mol. The molecular formula is C26H25N5O3. The van der Waals surface area contributed by atoms with Crippen molar-refractivity contribution in [3.8, 4) is 29.0 Å². The number of ether oxygens (including phenoxy) is 1. The third-order valence-corrected chi connectivity index (χ3v) is 5.68. The van der Waals surface area contributed by atoms with Crippen molar-refractivity contribution in [2.45, 2.75) is 39.2 Å². The lowest BCUT2D eigenvalue weighted by Crippen LogP contribution is -2.08. The van der Waals surface area contributed by atoms with Gasteiger partial charge in [0.25, 0.3) is 0 Å². The zero-order valence-electron chi connectivity index (χ0n) is 19.0. The third-order valence-electron chi connectivity index (χ3n) is 5.68. The summed E-state index contributed by atoms with van der Waals surface area (Å²) in [5.41, 5.74) is 3.58. The van der Waals surface area contributed by atoms with E-state index < -0.39 is 6.09 Å². The lowest BCUT2D eigenvalue weighted by atomic mass is 10.0. The van der Waals surface area contributed by atoms with Crippen LogP contribution in [-0.2, 0) is 0 Å². The molecule has 4 aromatic rings. The van der Waals surface area contributed by atoms with Crippen molar-refractivity contribution in [1.29, 1.82) is 5.26 Å². The van der Waals surface area contributed by atoms with E-state index in [1.165, 1.54) is 0 Å². The minimum absolute atomic E-state index is 0.128. The Bertz CT molecular complexity index is 1340. The summed E-state index contributed by atoms with van der Waals surface area (Å²) in [6, 6.07) is 15.2. The molecule has 0 aliphatic carbocycles. The van der Waals surface area contributed by atoms with Crippen molar-refractivity contribution < 1.29 is 14.6 Å². The molecule has 2 aromatic carbocycles. The SMILES string of the molecule is CCCCC(C)n1c(-c2ccc(NC(=O)O)cc2)c(C#N)c2ccc(Oc3cnccn3)cc21. The second-order valence-corrected chi connectivity index (χ2v) is 8.03. The number of aromatic nitrogens is 3. The lowest BCUT2D eigenvalue weighted by molar-refractivity contribution is 0.209. The van der Waals surface area contributed by atoms with Gasteiger partial charge in [-0.05, 0) is 43.2 Å². The smallest absolute Gasteiger partial charge is 0.409 e. The zero-order valence-corrected chi connectivity index (χ0v) is 19.0. The van der Waals surface area contributed by atoms with Crippen molar-refractivity contribution >= 4 is 22.7 Å². The Kier molecular flexibility index (Phi) is 6.74. The van der Waals surface area contributed by atoms with Gasteiger partial charge in [0.15, 0.2) is 0 Å². The first-order chi connectivity index (χ1) is 16.5. The summed E-state index contributed by atoms with van der Waals surface area (Å²) in [7, 11) is 0. The van der Waals surface area contributed by atoms with Crippen LogP contribution in [0.2, 0.25) is 0 Å². The maximum Gasteiger partial charge on any atom is 0.409 e. The van der Waals surface area contributed by atoms with Gasteiger partial charge < -0.3 is 14.4 Å². The number of carboxylic acid groups (broad SMARTS) is 1. The summed E-state index contributed by atoms with van der Waals surface area (Å²) in [5, 5.41) is 22.3. The molecule has 2 heterocycles. The molecular weight excluding hydrogens is 430 g/mol. The molecule has 4 rings (SSSR count). The molecule has 0 aliphatic rings. The van der Waals surface area contributed by atoms with E-state index in [1.807, 2.05) is 30.3 Å². The van der Waals surface area contributed by atoms with E-state index in [4.69, 9.17) is 9.84 Å². The molecule has 0 radical (unpaired) electrons. The number of hydrogen-bond acceptors (Lipinski definition) is 5. The Balaban J connectivity index is 1.87. The third kappa shape index (κ3) is 4.69. The van der Waals surface area contributed by atoms with Crippen LogP contribution < -0.4 is 10.1 Å². The molecule has 1 unspecified atom stereocenters. The van der Waals surface area contributed by atoms with Gasteiger partial charge in [0.05, 0.1) is 23.0 Å². The highest BCUT2D eigenvalue weighted by Gasteiger charge is 2.22. The molecule has 1 amide bonds. The van der Waals surface area contributed by atoms with Gasteiger partial charge in [0, 0.05) is 35.6 Å². The van der Waals surface area contributed by atoms with E-state index in [9.17, 15) is 10.1 Å². The van der Waals surface area contributed by atoms with Crippen LogP contribution in [-0.4, -0.2) is 25.7 Å². The molecule has 8 nitrogen and oxygen atoms in total. The Hall–Kier alpha value is -4.38. The summed E-state index contributed by atoms with van der Waals surface area (Å²) >= 11 is 0. The number of carbonyl (C=O) groups is 1. The summed E-state index contributed by atoms with van der Waals surface area (Å²) in [5.74, 6) is 0.993. The van der Waals surface area contributed by atoms with E-state index in [0.717, 1.165) is 41.4 Å². The van der Waals surface area contributed by atoms with Crippen molar-refractivity contribution in [2.24, 2.45) is 0 Å². The van der Waals surface area contributed by atoms with Crippen LogP contribution in [0.25, 0.3) is 22.2 Å². The fourth-order valence-electron chi connectivity index (χ4n) is 4.13. The van der Waals surface area contributed by atoms with Gasteiger partial charge in [-0.2, -0.15) is 5.26 Å². The largest absolute Gasteiger partial charge is 0.465 e. The zero-order chi connectivity index (χ0) is 24.1. The van der Waals surface area contributed by atoms with Crippen LogP contribution in [0.3, 0.4) is 0 Å². The first-order valence-electron chi connectivity index (χ1n) is 11.1. The van der Waals surface area contributed by atoms with Crippen molar-refractivity contribution in [3.05, 3.63) is 66.6 Å². The monoisotopic (exact) mass is 455 g/mol. The van der Waals surface area contributed by atoms with Gasteiger partial charge in [-0.15, -0.1) is 0 Å². The number of unbranched alkanes of at least 4 members (excludes halogenated alkanes) is 1. The van der Waals surface area contributed by atoms with Crippen LogP contribution >= 0.6 is 0 Å². The van der Waals surface area contributed by atoms with Gasteiger partial charge in [0.2, 0.25) is 5.88 Å². The molecule has 0 aliphatic heterocycles. The first kappa shape index (κ1) is 22.8. The van der Waals surface area contributed by atoms with Crippen LogP contribution in [0.4, 0.5) is 10.5 Å². The van der Waals surface area contributed by atoms with Crippen molar-refractivity contribution in [3.63, 3.8) is 0 Å². The quantitative estimate of drug-likeness (QED) is 0.309. The molecule has 34 heavy (non-hydrogen) atoms. The number of amides is 1. The lowest BCUT2D eigenvalue weighted by Gasteiger charge is -2.19. The second kappa shape index (κ2) is 10.0. The average Bonchev–Trinajstić information content (AvgIpc) is 3.17. The van der Waals surface area contributed by atoms with Gasteiger partial charge in [-0.1, -0.05) is 31.9 Å². The van der Waals surface area contributed by atoms with E-state index in [0.29, 0.717) is 22.9 Å². The maximum absolute atomic E-state index is 11.0.